The van der Waals surface area contributed by atoms with Crippen LogP contribution in [0.5, 0.6) is 11.5 Å². The van der Waals surface area contributed by atoms with Crippen LogP contribution in [0.1, 0.15) is 18.9 Å². The SMILES string of the molecule is CCOc1cncc(-c2cccc(CNCC[C@H]3CN(c4ccc5c(n4)NC(=O)CO5)C(=O)O3)c2)c1. The maximum Gasteiger partial charge on any atom is 0.415 e. The Kier molecular flexibility index (Phi) is 6.94. The smallest absolute Gasteiger partial charge is 0.415 e. The van der Waals surface area contributed by atoms with Gasteiger partial charge in [0.15, 0.2) is 18.2 Å². The van der Waals surface area contributed by atoms with Gasteiger partial charge in [-0.25, -0.2) is 9.78 Å². The molecule has 0 unspecified atom stereocenters. The van der Waals surface area contributed by atoms with Crippen molar-refractivity contribution >= 4 is 23.6 Å². The van der Waals surface area contributed by atoms with Crippen molar-refractivity contribution < 1.29 is 23.8 Å². The van der Waals surface area contributed by atoms with Gasteiger partial charge >= 0.3 is 6.09 Å². The van der Waals surface area contributed by atoms with E-state index in [2.05, 4.69) is 38.8 Å². The second-order valence-corrected chi connectivity index (χ2v) is 8.48. The Morgan fingerprint density at radius 2 is 2.08 bits per heavy atom. The van der Waals surface area contributed by atoms with Crippen LogP contribution in [0.3, 0.4) is 0 Å². The van der Waals surface area contributed by atoms with Crippen LogP contribution in [0.25, 0.3) is 11.1 Å². The van der Waals surface area contributed by atoms with Crippen molar-refractivity contribution in [1.29, 1.82) is 0 Å². The number of carbonyl (C=O) groups excluding carboxylic acids is 2. The highest BCUT2D eigenvalue weighted by Gasteiger charge is 2.33. The van der Waals surface area contributed by atoms with Crippen molar-refractivity contribution in [3.05, 3.63) is 60.4 Å². The van der Waals surface area contributed by atoms with E-state index < -0.39 is 6.09 Å². The van der Waals surface area contributed by atoms with Crippen molar-refractivity contribution in [2.24, 2.45) is 0 Å². The van der Waals surface area contributed by atoms with Gasteiger partial charge < -0.3 is 24.8 Å². The maximum absolute atomic E-state index is 12.4. The lowest BCUT2D eigenvalue weighted by Gasteiger charge is -2.19. The molecule has 4 heterocycles. The van der Waals surface area contributed by atoms with Gasteiger partial charge in [0, 0.05) is 18.3 Å². The molecule has 10 heteroatoms. The van der Waals surface area contributed by atoms with E-state index in [-0.39, 0.29) is 18.6 Å². The molecule has 1 fully saturated rings. The van der Waals surface area contributed by atoms with E-state index in [1.54, 1.807) is 18.3 Å². The third kappa shape index (κ3) is 5.38. The van der Waals surface area contributed by atoms with Crippen LogP contribution < -0.4 is 25.0 Å². The molecule has 1 atom stereocenters. The molecule has 0 radical (unpaired) electrons. The number of pyridine rings is 2. The summed E-state index contributed by atoms with van der Waals surface area (Å²) in [4.78, 5) is 34.1. The number of carbonyl (C=O) groups is 2. The third-order valence-corrected chi connectivity index (χ3v) is 5.87. The summed E-state index contributed by atoms with van der Waals surface area (Å²) >= 11 is 0. The largest absolute Gasteiger partial charge is 0.492 e. The molecule has 10 nitrogen and oxygen atoms in total. The summed E-state index contributed by atoms with van der Waals surface area (Å²) in [6.45, 7) is 4.25. The number of ether oxygens (including phenoxy) is 3. The lowest BCUT2D eigenvalue weighted by atomic mass is 10.0. The first-order valence-corrected chi connectivity index (χ1v) is 11.9. The van der Waals surface area contributed by atoms with Gasteiger partial charge in [0.1, 0.15) is 17.7 Å². The van der Waals surface area contributed by atoms with Gasteiger partial charge in [0.25, 0.3) is 5.91 Å². The van der Waals surface area contributed by atoms with Crippen LogP contribution in [-0.4, -0.2) is 54.4 Å². The first kappa shape index (κ1) is 23.6. The number of anilines is 2. The van der Waals surface area contributed by atoms with Gasteiger partial charge in [0.2, 0.25) is 0 Å². The topological polar surface area (TPSA) is 115 Å². The van der Waals surface area contributed by atoms with E-state index in [0.29, 0.717) is 50.0 Å². The summed E-state index contributed by atoms with van der Waals surface area (Å²) in [6, 6.07) is 13.6. The Hall–Kier alpha value is -4.18. The number of aromatic nitrogens is 2. The Morgan fingerprint density at radius 1 is 1.17 bits per heavy atom. The van der Waals surface area contributed by atoms with Gasteiger partial charge in [-0.15, -0.1) is 0 Å². The van der Waals surface area contributed by atoms with Crippen molar-refractivity contribution in [3.8, 4) is 22.6 Å². The van der Waals surface area contributed by atoms with Gasteiger partial charge in [-0.05, 0) is 55.3 Å². The number of rotatable bonds is 9. The standard InChI is InChI=1S/C26H27N5O5/c1-2-34-21-11-19(13-28-14-21)18-5-3-4-17(10-18)12-27-9-8-20-15-31(26(33)36-20)23-7-6-22-25(29-23)30-24(32)16-35-22/h3-7,10-11,13-14,20,27H,2,8-9,12,15-16H2,1H3,(H,29,30,32)/t20-/m0/s1. The molecule has 2 aliphatic heterocycles. The molecular weight excluding hydrogens is 462 g/mol. The molecule has 5 rings (SSSR count). The molecule has 1 saturated heterocycles. The molecule has 2 aliphatic rings. The van der Waals surface area contributed by atoms with E-state index in [9.17, 15) is 9.59 Å². The highest BCUT2D eigenvalue weighted by molar-refractivity contribution is 5.95. The maximum atomic E-state index is 12.4. The zero-order valence-corrected chi connectivity index (χ0v) is 19.9. The van der Waals surface area contributed by atoms with Crippen LogP contribution in [0.15, 0.2) is 54.9 Å². The predicted molar refractivity (Wildman–Crippen MR) is 133 cm³/mol. The van der Waals surface area contributed by atoms with E-state index in [4.69, 9.17) is 14.2 Å². The zero-order chi connectivity index (χ0) is 24.9. The van der Waals surface area contributed by atoms with Crippen LogP contribution in [0.2, 0.25) is 0 Å². The average Bonchev–Trinajstić information content (AvgIpc) is 3.27. The number of benzene rings is 1. The van der Waals surface area contributed by atoms with E-state index in [1.807, 2.05) is 25.3 Å². The summed E-state index contributed by atoms with van der Waals surface area (Å²) in [5.74, 6) is 1.68. The zero-order valence-electron chi connectivity index (χ0n) is 19.9. The van der Waals surface area contributed by atoms with Crippen LogP contribution in [-0.2, 0) is 16.1 Å². The lowest BCUT2D eigenvalue weighted by molar-refractivity contribution is -0.118. The molecule has 0 spiro atoms. The van der Waals surface area contributed by atoms with Crippen LogP contribution in [0, 0.1) is 0 Å². The summed E-state index contributed by atoms with van der Waals surface area (Å²) in [6.07, 6.45) is 3.49. The molecule has 2 N–H and O–H groups in total. The minimum atomic E-state index is -0.453. The van der Waals surface area contributed by atoms with E-state index in [1.165, 1.54) is 4.90 Å². The molecule has 2 amide bonds. The molecule has 36 heavy (non-hydrogen) atoms. The van der Waals surface area contributed by atoms with Crippen LogP contribution in [0.4, 0.5) is 16.4 Å². The number of fused-ring (bicyclic) bond motifs is 1. The second kappa shape index (κ2) is 10.6. The fraction of sp³-hybridized carbons (Fsp3) is 0.308. The van der Waals surface area contributed by atoms with Crippen molar-refractivity contribution in [2.75, 3.05) is 36.5 Å². The highest BCUT2D eigenvalue weighted by atomic mass is 16.6. The molecule has 1 aromatic carbocycles. The van der Waals surface area contributed by atoms with Gasteiger partial charge in [-0.2, -0.15) is 0 Å². The molecule has 0 aliphatic carbocycles. The Bertz CT molecular complexity index is 1270. The normalized spacial score (nSPS) is 16.7. The first-order chi connectivity index (χ1) is 17.6. The first-order valence-electron chi connectivity index (χ1n) is 11.9. The van der Waals surface area contributed by atoms with Gasteiger partial charge in [-0.1, -0.05) is 18.2 Å². The number of nitrogens with zero attached hydrogens (tertiary/aromatic N) is 3. The molecule has 186 valence electrons. The Labute approximate surface area is 208 Å². The summed E-state index contributed by atoms with van der Waals surface area (Å²) in [7, 11) is 0. The minimum Gasteiger partial charge on any atom is -0.492 e. The summed E-state index contributed by atoms with van der Waals surface area (Å²) in [5.41, 5.74) is 3.22. The number of nitrogens with one attached hydrogen (secondary N) is 2. The fourth-order valence-electron chi connectivity index (χ4n) is 4.14. The summed E-state index contributed by atoms with van der Waals surface area (Å²) < 4.78 is 16.4. The molecule has 0 bridgehead atoms. The number of hydrogen-bond donors (Lipinski definition) is 2. The highest BCUT2D eigenvalue weighted by Crippen LogP contribution is 2.30. The van der Waals surface area contributed by atoms with Crippen LogP contribution >= 0.6 is 0 Å². The number of hydrogen-bond acceptors (Lipinski definition) is 8. The molecule has 0 saturated carbocycles. The average molecular weight is 490 g/mol. The number of amides is 2. The lowest BCUT2D eigenvalue weighted by Crippen LogP contribution is -2.29. The van der Waals surface area contributed by atoms with E-state index >= 15 is 0 Å². The van der Waals surface area contributed by atoms with Crippen molar-refractivity contribution in [2.45, 2.75) is 26.0 Å². The molecular formula is C26H27N5O5. The van der Waals surface area contributed by atoms with Crippen molar-refractivity contribution in [1.82, 2.24) is 15.3 Å². The monoisotopic (exact) mass is 489 g/mol. The minimum absolute atomic E-state index is 0.0442. The summed E-state index contributed by atoms with van der Waals surface area (Å²) in [5, 5.41) is 6.08. The molecule has 3 aromatic rings. The van der Waals surface area contributed by atoms with Gasteiger partial charge in [0.05, 0.1) is 19.3 Å². The number of cyclic esters (lactones) is 1. The third-order valence-electron chi connectivity index (χ3n) is 5.87. The second-order valence-electron chi connectivity index (χ2n) is 8.48. The van der Waals surface area contributed by atoms with Gasteiger partial charge in [-0.3, -0.25) is 14.7 Å². The fourth-order valence-corrected chi connectivity index (χ4v) is 4.14. The van der Waals surface area contributed by atoms with E-state index in [0.717, 1.165) is 22.4 Å². The van der Waals surface area contributed by atoms with Crippen molar-refractivity contribution in [3.63, 3.8) is 0 Å². The Morgan fingerprint density at radius 3 is 2.97 bits per heavy atom. The Balaban J connectivity index is 1.13. The molecule has 2 aromatic heterocycles. The predicted octanol–water partition coefficient (Wildman–Crippen LogP) is 3.38. The quantitative estimate of drug-likeness (QED) is 0.440.